The van der Waals surface area contributed by atoms with Gasteiger partial charge in [-0.2, -0.15) is 0 Å². The fourth-order valence-electron chi connectivity index (χ4n) is 2.37. The molecule has 1 aliphatic heterocycles. The molecule has 0 saturated carbocycles. The third kappa shape index (κ3) is 1.92. The maximum absolute atomic E-state index is 13.4. The Kier molecular flexibility index (Phi) is 2.91. The van der Waals surface area contributed by atoms with Gasteiger partial charge in [-0.3, -0.25) is 0 Å². The van der Waals surface area contributed by atoms with Crippen LogP contribution in [0.1, 0.15) is 0 Å². The van der Waals surface area contributed by atoms with Crippen LogP contribution in [0.4, 0.5) is 4.39 Å². The van der Waals surface area contributed by atoms with Crippen LogP contribution in [0.15, 0.2) is 48.3 Å². The first-order valence-corrected chi connectivity index (χ1v) is 6.04. The van der Waals surface area contributed by atoms with Crippen molar-refractivity contribution in [2.24, 2.45) is 0 Å². The number of halogens is 1. The smallest absolute Gasteiger partial charge is 0.340 e. The summed E-state index contributed by atoms with van der Waals surface area (Å²) >= 11 is 0. The van der Waals surface area contributed by atoms with Gasteiger partial charge in [-0.15, -0.1) is 0 Å². The second-order valence-electron chi connectivity index (χ2n) is 4.53. The normalized spacial score (nSPS) is 21.5. The standard InChI is InChI=1S/C15H11FO4/c16-8-5-6-12-11(7-8)9-3-1-2-4-10(9)14(20-12)13(17)15(18)19/h1-7,12-13,17H,(H,18,19). The molecule has 20 heavy (non-hydrogen) atoms. The molecule has 0 amide bonds. The molecule has 2 N–H and O–H groups in total. The van der Waals surface area contributed by atoms with Crippen molar-refractivity contribution in [1.29, 1.82) is 0 Å². The van der Waals surface area contributed by atoms with Crippen molar-refractivity contribution in [2.45, 2.75) is 12.2 Å². The molecule has 2 unspecified atom stereocenters. The molecule has 0 spiro atoms. The number of aliphatic hydroxyl groups excluding tert-OH is 1. The number of benzene rings is 1. The molecular weight excluding hydrogens is 263 g/mol. The summed E-state index contributed by atoms with van der Waals surface area (Å²) in [5.41, 5.74) is 0.613. The molecule has 0 bridgehead atoms. The molecule has 0 fully saturated rings. The predicted octanol–water partition coefficient (Wildman–Crippen LogP) is 0.213. The number of carboxylic acid groups (broad SMARTS) is 1. The number of fused-ring (bicyclic) bond motifs is 2. The SMILES string of the molecule is O=C(O)C(O)C1=c2ccccc2=C2C=C(F)C=CC2O1. The van der Waals surface area contributed by atoms with E-state index < -0.39 is 24.0 Å². The van der Waals surface area contributed by atoms with Gasteiger partial charge < -0.3 is 14.9 Å². The first kappa shape index (κ1) is 12.6. The number of carboxylic acids is 1. The summed E-state index contributed by atoms with van der Waals surface area (Å²) in [6.45, 7) is 0. The molecule has 3 rings (SSSR count). The molecule has 1 heterocycles. The highest BCUT2D eigenvalue weighted by Gasteiger charge is 2.29. The number of aliphatic hydroxyl groups is 1. The fourth-order valence-corrected chi connectivity index (χ4v) is 2.37. The lowest BCUT2D eigenvalue weighted by Gasteiger charge is -2.26. The molecule has 0 aromatic heterocycles. The van der Waals surface area contributed by atoms with Crippen LogP contribution in [-0.4, -0.2) is 28.4 Å². The van der Waals surface area contributed by atoms with Crippen molar-refractivity contribution in [3.05, 3.63) is 58.8 Å². The van der Waals surface area contributed by atoms with Gasteiger partial charge in [0.2, 0.25) is 6.10 Å². The van der Waals surface area contributed by atoms with Gasteiger partial charge in [0.1, 0.15) is 17.7 Å². The molecule has 2 aliphatic rings. The average molecular weight is 274 g/mol. The molecule has 2 atom stereocenters. The highest BCUT2D eigenvalue weighted by atomic mass is 19.1. The van der Waals surface area contributed by atoms with Gasteiger partial charge in [0.15, 0.2) is 0 Å². The van der Waals surface area contributed by atoms with Gasteiger partial charge in [0.25, 0.3) is 0 Å². The Morgan fingerprint density at radius 3 is 2.70 bits per heavy atom. The topological polar surface area (TPSA) is 66.8 Å². The van der Waals surface area contributed by atoms with Crippen LogP contribution in [0, 0.1) is 0 Å². The summed E-state index contributed by atoms with van der Waals surface area (Å²) in [5, 5.41) is 19.8. The lowest BCUT2D eigenvalue weighted by atomic mass is 9.96. The lowest BCUT2D eigenvalue weighted by Crippen LogP contribution is -2.43. The molecule has 0 saturated heterocycles. The predicted molar refractivity (Wildman–Crippen MR) is 69.4 cm³/mol. The van der Waals surface area contributed by atoms with Crippen molar-refractivity contribution in [3.63, 3.8) is 0 Å². The van der Waals surface area contributed by atoms with Crippen LogP contribution in [0.5, 0.6) is 0 Å². The van der Waals surface area contributed by atoms with E-state index in [-0.39, 0.29) is 5.76 Å². The fraction of sp³-hybridized carbons (Fsp3) is 0.133. The van der Waals surface area contributed by atoms with Crippen LogP contribution < -0.4 is 10.4 Å². The number of allylic oxidation sites excluding steroid dienone is 2. The van der Waals surface area contributed by atoms with E-state index in [9.17, 15) is 14.3 Å². The Bertz CT molecular complexity index is 760. The Labute approximate surface area is 113 Å². The molecule has 1 aliphatic carbocycles. The van der Waals surface area contributed by atoms with E-state index in [4.69, 9.17) is 9.84 Å². The quantitative estimate of drug-likeness (QED) is 0.809. The third-order valence-electron chi connectivity index (χ3n) is 3.27. The van der Waals surface area contributed by atoms with E-state index in [1.165, 1.54) is 18.2 Å². The van der Waals surface area contributed by atoms with Crippen molar-refractivity contribution in [2.75, 3.05) is 0 Å². The van der Waals surface area contributed by atoms with Crippen LogP contribution in [-0.2, 0) is 9.53 Å². The minimum atomic E-state index is -1.75. The highest BCUT2D eigenvalue weighted by molar-refractivity contribution is 5.84. The zero-order chi connectivity index (χ0) is 14.3. The van der Waals surface area contributed by atoms with Crippen LogP contribution in [0.2, 0.25) is 0 Å². The summed E-state index contributed by atoms with van der Waals surface area (Å²) < 4.78 is 18.9. The van der Waals surface area contributed by atoms with Gasteiger partial charge in [-0.05, 0) is 23.4 Å². The van der Waals surface area contributed by atoms with Crippen LogP contribution in [0.3, 0.4) is 0 Å². The summed E-state index contributed by atoms with van der Waals surface area (Å²) in [7, 11) is 0. The molecule has 1 aromatic rings. The monoisotopic (exact) mass is 274 g/mol. The Hall–Kier alpha value is -2.40. The van der Waals surface area contributed by atoms with E-state index in [2.05, 4.69) is 0 Å². The average Bonchev–Trinajstić information content (AvgIpc) is 2.45. The number of hydrogen-bond acceptors (Lipinski definition) is 3. The van der Waals surface area contributed by atoms with Gasteiger partial charge in [0, 0.05) is 10.8 Å². The summed E-state index contributed by atoms with van der Waals surface area (Å²) in [6.07, 6.45) is 1.77. The molecule has 102 valence electrons. The van der Waals surface area contributed by atoms with Gasteiger partial charge >= 0.3 is 5.97 Å². The van der Waals surface area contributed by atoms with Gasteiger partial charge in [0.05, 0.1) is 0 Å². The third-order valence-corrected chi connectivity index (χ3v) is 3.27. The van der Waals surface area contributed by atoms with E-state index in [1.807, 2.05) is 0 Å². The number of aliphatic carboxylic acids is 1. The summed E-state index contributed by atoms with van der Waals surface area (Å²) in [6, 6.07) is 6.86. The molecule has 0 radical (unpaired) electrons. The van der Waals surface area contributed by atoms with Gasteiger partial charge in [-0.1, -0.05) is 24.3 Å². The second kappa shape index (κ2) is 4.61. The first-order chi connectivity index (χ1) is 9.58. The van der Waals surface area contributed by atoms with E-state index in [1.54, 1.807) is 24.3 Å². The van der Waals surface area contributed by atoms with E-state index >= 15 is 0 Å². The van der Waals surface area contributed by atoms with E-state index in [0.29, 0.717) is 16.0 Å². The lowest BCUT2D eigenvalue weighted by molar-refractivity contribution is -0.144. The number of rotatable bonds is 2. The van der Waals surface area contributed by atoms with Crippen molar-refractivity contribution >= 4 is 17.3 Å². The zero-order valence-electron chi connectivity index (χ0n) is 10.3. The minimum absolute atomic E-state index is 0.0257. The zero-order valence-corrected chi connectivity index (χ0v) is 10.3. The first-order valence-electron chi connectivity index (χ1n) is 6.04. The number of carbonyl (C=O) groups is 1. The summed E-state index contributed by atoms with van der Waals surface area (Å²) in [4.78, 5) is 11.0. The second-order valence-corrected chi connectivity index (χ2v) is 4.53. The van der Waals surface area contributed by atoms with Crippen LogP contribution >= 0.6 is 0 Å². The number of ether oxygens (including phenoxy) is 1. The maximum Gasteiger partial charge on any atom is 0.340 e. The largest absolute Gasteiger partial charge is 0.482 e. The molecule has 5 heteroatoms. The van der Waals surface area contributed by atoms with Crippen molar-refractivity contribution in [3.8, 4) is 0 Å². The highest BCUT2D eigenvalue weighted by Crippen LogP contribution is 2.25. The Balaban J connectivity index is 2.35. The number of hydrogen-bond donors (Lipinski definition) is 2. The van der Waals surface area contributed by atoms with Crippen molar-refractivity contribution in [1.82, 2.24) is 0 Å². The minimum Gasteiger partial charge on any atom is -0.482 e. The molecule has 4 nitrogen and oxygen atoms in total. The molecular formula is C15H11FO4. The molecule has 1 aromatic carbocycles. The van der Waals surface area contributed by atoms with E-state index in [0.717, 1.165) is 0 Å². The van der Waals surface area contributed by atoms with Gasteiger partial charge in [-0.25, -0.2) is 9.18 Å². The Morgan fingerprint density at radius 2 is 2.00 bits per heavy atom. The Morgan fingerprint density at radius 1 is 1.30 bits per heavy atom. The van der Waals surface area contributed by atoms with Crippen molar-refractivity contribution < 1.29 is 24.1 Å². The maximum atomic E-state index is 13.4. The summed E-state index contributed by atoms with van der Waals surface area (Å²) in [5.74, 6) is -1.81. The van der Waals surface area contributed by atoms with Crippen LogP contribution in [0.25, 0.3) is 11.3 Å².